The lowest BCUT2D eigenvalue weighted by Gasteiger charge is -2.25. The number of benzene rings is 1. The van der Waals surface area contributed by atoms with Gasteiger partial charge in [-0.2, -0.15) is 8.42 Å². The van der Waals surface area contributed by atoms with E-state index in [0.717, 1.165) is 23.7 Å². The summed E-state index contributed by atoms with van der Waals surface area (Å²) >= 11 is 0. The van der Waals surface area contributed by atoms with Crippen LogP contribution in [0, 0.1) is 0 Å². The smallest absolute Gasteiger partial charge is 0.394 e. The Morgan fingerprint density at radius 1 is 1.29 bits per heavy atom. The second kappa shape index (κ2) is 6.57. The van der Waals surface area contributed by atoms with Crippen molar-refractivity contribution in [1.29, 1.82) is 0 Å². The van der Waals surface area contributed by atoms with E-state index in [-0.39, 0.29) is 6.10 Å². The van der Waals surface area contributed by atoms with E-state index in [1.807, 2.05) is 30.5 Å². The van der Waals surface area contributed by atoms with E-state index in [1.54, 1.807) is 6.20 Å². The molecule has 0 saturated carbocycles. The largest absolute Gasteiger partial charge is 0.486 e. The summed E-state index contributed by atoms with van der Waals surface area (Å²) in [5.74, 6) is 2.55. The van der Waals surface area contributed by atoms with Crippen molar-refractivity contribution in [2.45, 2.75) is 12.5 Å². The number of hydrogen-bond donors (Lipinski definition) is 3. The highest BCUT2D eigenvalue weighted by Gasteiger charge is 2.21. The van der Waals surface area contributed by atoms with Gasteiger partial charge in [0, 0.05) is 18.8 Å². The van der Waals surface area contributed by atoms with Gasteiger partial charge in [-0.25, -0.2) is 4.98 Å². The van der Waals surface area contributed by atoms with Crippen LogP contribution in [-0.4, -0.2) is 40.2 Å². The molecule has 0 amide bonds. The lowest BCUT2D eigenvalue weighted by Crippen LogP contribution is -2.31. The third-order valence-corrected chi connectivity index (χ3v) is 2.54. The molecule has 1 aromatic carbocycles. The predicted molar refractivity (Wildman–Crippen MR) is 72.8 cm³/mol. The fraction of sp³-hybridized carbons (Fsp3) is 0.250. The summed E-state index contributed by atoms with van der Waals surface area (Å²) in [5.41, 5.74) is 0. The van der Waals surface area contributed by atoms with Crippen molar-refractivity contribution in [2.24, 2.45) is 0 Å². The summed E-state index contributed by atoms with van der Waals surface area (Å²) < 4.78 is 43.0. The number of aromatic amines is 1. The first-order valence-electron chi connectivity index (χ1n) is 5.98. The maximum atomic E-state index is 8.74. The van der Waals surface area contributed by atoms with Crippen LogP contribution in [0.25, 0.3) is 0 Å². The van der Waals surface area contributed by atoms with Crippen molar-refractivity contribution in [2.75, 3.05) is 6.61 Å². The molecule has 2 heterocycles. The van der Waals surface area contributed by atoms with Crippen LogP contribution in [0.1, 0.15) is 5.82 Å². The number of rotatable bonds is 2. The Bertz CT molecular complexity index is 663. The molecular formula is C12H14N2O6S. The van der Waals surface area contributed by atoms with E-state index < -0.39 is 10.4 Å². The number of imidazole rings is 1. The van der Waals surface area contributed by atoms with Crippen molar-refractivity contribution in [3.05, 3.63) is 42.5 Å². The van der Waals surface area contributed by atoms with Crippen molar-refractivity contribution in [1.82, 2.24) is 9.97 Å². The van der Waals surface area contributed by atoms with E-state index in [4.69, 9.17) is 27.0 Å². The average molecular weight is 314 g/mol. The molecule has 1 atom stereocenters. The summed E-state index contributed by atoms with van der Waals surface area (Å²) in [6.45, 7) is 0.567. The standard InChI is InChI=1S/C12H12N2O2.H2O4S/c1-2-4-11-10(3-1)15-8-9(16-11)7-12-13-5-6-14-12;1-5(2,3)4/h1-6,9H,7-8H2,(H,13,14);(H2,1,2,3,4). The van der Waals surface area contributed by atoms with Gasteiger partial charge in [-0.05, 0) is 12.1 Å². The number of fused-ring (bicyclic) bond motifs is 1. The number of nitrogens with one attached hydrogen (secondary N) is 1. The molecule has 1 aliphatic heterocycles. The molecule has 114 valence electrons. The molecule has 0 bridgehead atoms. The first-order valence-corrected chi connectivity index (χ1v) is 7.38. The minimum absolute atomic E-state index is 0.0287. The topological polar surface area (TPSA) is 122 Å². The van der Waals surface area contributed by atoms with Crippen LogP contribution >= 0.6 is 0 Å². The predicted octanol–water partition coefficient (Wildman–Crippen LogP) is 1.14. The van der Waals surface area contributed by atoms with Crippen molar-refractivity contribution < 1.29 is 27.0 Å². The summed E-state index contributed by atoms with van der Waals surface area (Å²) in [4.78, 5) is 7.24. The summed E-state index contributed by atoms with van der Waals surface area (Å²) in [5, 5.41) is 0. The van der Waals surface area contributed by atoms with Gasteiger partial charge in [0.15, 0.2) is 11.5 Å². The first-order chi connectivity index (χ1) is 9.92. The molecule has 0 aliphatic carbocycles. The van der Waals surface area contributed by atoms with Gasteiger partial charge in [0.25, 0.3) is 0 Å². The number of hydrogen-bond acceptors (Lipinski definition) is 5. The minimum atomic E-state index is -4.67. The average Bonchev–Trinajstić information content (AvgIpc) is 2.89. The Balaban J connectivity index is 0.000000282. The molecule has 3 N–H and O–H groups in total. The number of aromatic nitrogens is 2. The van der Waals surface area contributed by atoms with Crippen LogP contribution in [0.2, 0.25) is 0 Å². The highest BCUT2D eigenvalue weighted by atomic mass is 32.3. The molecule has 2 aromatic rings. The van der Waals surface area contributed by atoms with Crippen molar-refractivity contribution in [3.63, 3.8) is 0 Å². The zero-order chi connectivity index (χ0) is 15.3. The molecule has 3 rings (SSSR count). The lowest BCUT2D eigenvalue weighted by atomic mass is 10.2. The van der Waals surface area contributed by atoms with E-state index in [0.29, 0.717) is 6.61 Å². The highest BCUT2D eigenvalue weighted by Crippen LogP contribution is 2.31. The lowest BCUT2D eigenvalue weighted by molar-refractivity contribution is 0.0900. The Morgan fingerprint density at radius 3 is 2.57 bits per heavy atom. The summed E-state index contributed by atoms with van der Waals surface area (Å²) in [6, 6.07) is 7.72. The molecule has 0 saturated heterocycles. The van der Waals surface area contributed by atoms with Crippen LogP contribution < -0.4 is 9.47 Å². The number of para-hydroxylation sites is 2. The molecule has 0 radical (unpaired) electrons. The zero-order valence-electron chi connectivity index (χ0n) is 10.8. The van der Waals surface area contributed by atoms with E-state index in [1.165, 1.54) is 0 Å². The third-order valence-electron chi connectivity index (χ3n) is 2.54. The molecule has 8 nitrogen and oxygen atoms in total. The highest BCUT2D eigenvalue weighted by molar-refractivity contribution is 7.79. The zero-order valence-corrected chi connectivity index (χ0v) is 11.7. The van der Waals surface area contributed by atoms with E-state index in [2.05, 4.69) is 9.97 Å². The summed E-state index contributed by atoms with van der Waals surface area (Å²) in [7, 11) is -4.67. The molecule has 1 aromatic heterocycles. The van der Waals surface area contributed by atoms with Gasteiger partial charge in [0.05, 0.1) is 0 Å². The minimum Gasteiger partial charge on any atom is -0.486 e. The normalized spacial score (nSPS) is 16.8. The monoisotopic (exact) mass is 314 g/mol. The van der Waals surface area contributed by atoms with E-state index >= 15 is 0 Å². The molecule has 0 spiro atoms. The Morgan fingerprint density at radius 2 is 1.95 bits per heavy atom. The Kier molecular flexibility index (Phi) is 4.78. The van der Waals surface area contributed by atoms with Gasteiger partial charge in [-0.15, -0.1) is 0 Å². The SMILES string of the molecule is O=S(=O)(O)O.c1ccc2c(c1)OCC(Cc1ncc[nH]1)O2. The third kappa shape index (κ3) is 5.42. The van der Waals surface area contributed by atoms with Crippen LogP contribution in [0.15, 0.2) is 36.7 Å². The first kappa shape index (κ1) is 15.3. The number of ether oxygens (including phenoxy) is 2. The molecular weight excluding hydrogens is 300 g/mol. The summed E-state index contributed by atoms with van der Waals surface area (Å²) in [6.07, 6.45) is 4.32. The Labute approximate surface area is 121 Å². The van der Waals surface area contributed by atoms with Crippen molar-refractivity contribution in [3.8, 4) is 11.5 Å². The number of nitrogens with zero attached hydrogens (tertiary/aromatic N) is 1. The van der Waals surface area contributed by atoms with Crippen molar-refractivity contribution >= 4 is 10.4 Å². The van der Waals surface area contributed by atoms with Crippen LogP contribution in [-0.2, 0) is 16.8 Å². The molecule has 21 heavy (non-hydrogen) atoms. The van der Waals surface area contributed by atoms with Gasteiger partial charge < -0.3 is 14.5 Å². The van der Waals surface area contributed by atoms with Gasteiger partial charge in [0.2, 0.25) is 0 Å². The van der Waals surface area contributed by atoms with Gasteiger partial charge in [-0.3, -0.25) is 9.11 Å². The maximum Gasteiger partial charge on any atom is 0.394 e. The molecule has 1 unspecified atom stereocenters. The molecule has 9 heteroatoms. The molecule has 0 fully saturated rings. The maximum absolute atomic E-state index is 8.74. The van der Waals surface area contributed by atoms with Gasteiger partial charge in [-0.1, -0.05) is 12.1 Å². The van der Waals surface area contributed by atoms with Crippen LogP contribution in [0.3, 0.4) is 0 Å². The van der Waals surface area contributed by atoms with Gasteiger partial charge in [0.1, 0.15) is 18.5 Å². The van der Waals surface area contributed by atoms with E-state index in [9.17, 15) is 0 Å². The molecule has 1 aliphatic rings. The second-order valence-corrected chi connectivity index (χ2v) is 5.08. The fourth-order valence-corrected chi connectivity index (χ4v) is 1.79. The quantitative estimate of drug-likeness (QED) is 0.710. The van der Waals surface area contributed by atoms with Crippen LogP contribution in [0.4, 0.5) is 0 Å². The number of H-pyrrole nitrogens is 1. The Hall–Kier alpha value is -2.10. The van der Waals surface area contributed by atoms with Gasteiger partial charge >= 0.3 is 10.4 Å². The fourth-order valence-electron chi connectivity index (χ4n) is 1.79. The van der Waals surface area contributed by atoms with Crippen LogP contribution in [0.5, 0.6) is 11.5 Å². The second-order valence-electron chi connectivity index (χ2n) is 4.19.